The van der Waals surface area contributed by atoms with Gasteiger partial charge in [-0.25, -0.2) is 4.39 Å². The first-order valence-electron chi connectivity index (χ1n) is 4.67. The van der Waals surface area contributed by atoms with Gasteiger partial charge in [0.05, 0.1) is 12.5 Å². The molecular formula is C11H11FO2. The fraction of sp³-hybridized carbons (Fsp3) is 0.364. The van der Waals surface area contributed by atoms with E-state index in [-0.39, 0.29) is 17.7 Å². The SMILES string of the molecule is O=C1OCC[C@H]1Cc1ccc(F)cc1. The molecule has 0 aliphatic carbocycles. The number of halogens is 1. The number of hydrogen-bond acceptors (Lipinski definition) is 2. The Hall–Kier alpha value is -1.38. The van der Waals surface area contributed by atoms with Crippen LogP contribution in [0.1, 0.15) is 12.0 Å². The van der Waals surface area contributed by atoms with Crippen molar-refractivity contribution in [3.8, 4) is 0 Å². The lowest BCUT2D eigenvalue weighted by Gasteiger charge is -2.04. The smallest absolute Gasteiger partial charge is 0.309 e. The standard InChI is InChI=1S/C11H11FO2/c12-10-3-1-8(2-4-10)7-9-5-6-14-11(9)13/h1-4,9H,5-7H2/t9-/m0/s1. The largest absolute Gasteiger partial charge is 0.465 e. The van der Waals surface area contributed by atoms with E-state index in [1.54, 1.807) is 12.1 Å². The Morgan fingerprint density at radius 2 is 2.07 bits per heavy atom. The minimum absolute atomic E-state index is 0.0412. The van der Waals surface area contributed by atoms with Gasteiger partial charge in [0.2, 0.25) is 0 Å². The Balaban J connectivity index is 2.03. The van der Waals surface area contributed by atoms with Gasteiger partial charge >= 0.3 is 5.97 Å². The van der Waals surface area contributed by atoms with Crippen LogP contribution in [-0.4, -0.2) is 12.6 Å². The third kappa shape index (κ3) is 1.92. The zero-order valence-electron chi connectivity index (χ0n) is 7.70. The lowest BCUT2D eigenvalue weighted by Crippen LogP contribution is -2.10. The molecular weight excluding hydrogens is 183 g/mol. The van der Waals surface area contributed by atoms with Crippen LogP contribution in [0.25, 0.3) is 0 Å². The Kier molecular flexibility index (Phi) is 2.48. The molecule has 14 heavy (non-hydrogen) atoms. The zero-order valence-corrected chi connectivity index (χ0v) is 7.70. The molecule has 1 aliphatic rings. The van der Waals surface area contributed by atoms with E-state index in [0.29, 0.717) is 13.0 Å². The van der Waals surface area contributed by atoms with Crippen molar-refractivity contribution in [2.45, 2.75) is 12.8 Å². The van der Waals surface area contributed by atoms with Crippen molar-refractivity contribution in [2.24, 2.45) is 5.92 Å². The second-order valence-corrected chi connectivity index (χ2v) is 3.48. The predicted molar refractivity (Wildman–Crippen MR) is 49.2 cm³/mol. The van der Waals surface area contributed by atoms with Crippen LogP contribution in [-0.2, 0) is 16.0 Å². The van der Waals surface area contributed by atoms with E-state index >= 15 is 0 Å². The minimum Gasteiger partial charge on any atom is -0.465 e. The van der Waals surface area contributed by atoms with E-state index in [1.807, 2.05) is 0 Å². The Morgan fingerprint density at radius 3 is 2.64 bits per heavy atom. The van der Waals surface area contributed by atoms with Crippen molar-refractivity contribution in [3.63, 3.8) is 0 Å². The maximum Gasteiger partial charge on any atom is 0.309 e. The molecule has 1 saturated heterocycles. The molecule has 0 radical (unpaired) electrons. The molecule has 0 saturated carbocycles. The number of hydrogen-bond donors (Lipinski definition) is 0. The quantitative estimate of drug-likeness (QED) is 0.672. The fourth-order valence-corrected chi connectivity index (χ4v) is 1.63. The average Bonchev–Trinajstić information content (AvgIpc) is 2.56. The Morgan fingerprint density at radius 1 is 1.36 bits per heavy atom. The number of cyclic esters (lactones) is 1. The maximum absolute atomic E-state index is 12.6. The normalized spacial score (nSPS) is 20.9. The molecule has 1 aliphatic heterocycles. The van der Waals surface area contributed by atoms with Crippen molar-refractivity contribution in [3.05, 3.63) is 35.6 Å². The molecule has 1 aromatic rings. The maximum atomic E-state index is 12.6. The zero-order chi connectivity index (χ0) is 9.97. The molecule has 3 heteroatoms. The molecule has 0 amide bonds. The number of esters is 1. The third-order valence-electron chi connectivity index (χ3n) is 2.44. The van der Waals surface area contributed by atoms with E-state index in [2.05, 4.69) is 0 Å². The van der Waals surface area contributed by atoms with Crippen LogP contribution >= 0.6 is 0 Å². The average molecular weight is 194 g/mol. The second kappa shape index (κ2) is 3.78. The molecule has 2 rings (SSSR count). The molecule has 0 unspecified atom stereocenters. The molecule has 0 spiro atoms. The van der Waals surface area contributed by atoms with Crippen LogP contribution < -0.4 is 0 Å². The summed E-state index contributed by atoms with van der Waals surface area (Å²) >= 11 is 0. The number of carbonyl (C=O) groups excluding carboxylic acids is 1. The van der Waals surface area contributed by atoms with Crippen molar-refractivity contribution in [1.82, 2.24) is 0 Å². The molecule has 0 N–H and O–H groups in total. The van der Waals surface area contributed by atoms with Gasteiger partial charge < -0.3 is 4.74 Å². The van der Waals surface area contributed by atoms with Crippen LogP contribution in [0.3, 0.4) is 0 Å². The van der Waals surface area contributed by atoms with Crippen LogP contribution in [0.5, 0.6) is 0 Å². The lowest BCUT2D eigenvalue weighted by atomic mass is 9.98. The van der Waals surface area contributed by atoms with Gasteiger partial charge in [0.25, 0.3) is 0 Å². The monoisotopic (exact) mass is 194 g/mol. The summed E-state index contributed by atoms with van der Waals surface area (Å²) in [7, 11) is 0. The number of rotatable bonds is 2. The van der Waals surface area contributed by atoms with Crippen molar-refractivity contribution in [1.29, 1.82) is 0 Å². The summed E-state index contributed by atoms with van der Waals surface area (Å²) in [5.74, 6) is -0.419. The molecule has 0 aromatic heterocycles. The summed E-state index contributed by atoms with van der Waals surface area (Å²) in [6.07, 6.45) is 1.43. The summed E-state index contributed by atoms with van der Waals surface area (Å²) in [5, 5.41) is 0. The van der Waals surface area contributed by atoms with Gasteiger partial charge in [0.1, 0.15) is 5.82 Å². The van der Waals surface area contributed by atoms with Crippen LogP contribution in [0, 0.1) is 11.7 Å². The van der Waals surface area contributed by atoms with Crippen LogP contribution in [0.4, 0.5) is 4.39 Å². The van der Waals surface area contributed by atoms with Gasteiger partial charge in [-0.3, -0.25) is 4.79 Å². The summed E-state index contributed by atoms with van der Waals surface area (Å²) < 4.78 is 17.4. The van der Waals surface area contributed by atoms with Crippen LogP contribution in [0.15, 0.2) is 24.3 Å². The lowest BCUT2D eigenvalue weighted by molar-refractivity contribution is -0.141. The first-order chi connectivity index (χ1) is 6.75. The minimum atomic E-state index is -0.247. The van der Waals surface area contributed by atoms with Crippen molar-refractivity contribution >= 4 is 5.97 Å². The highest BCUT2D eigenvalue weighted by Crippen LogP contribution is 2.19. The van der Waals surface area contributed by atoms with Gasteiger partial charge in [0.15, 0.2) is 0 Å². The van der Waals surface area contributed by atoms with Gasteiger partial charge in [-0.15, -0.1) is 0 Å². The summed E-state index contributed by atoms with van der Waals surface area (Å²) in [6, 6.07) is 6.24. The number of ether oxygens (including phenoxy) is 1. The summed E-state index contributed by atoms with van der Waals surface area (Å²) in [6.45, 7) is 0.519. The van der Waals surface area contributed by atoms with E-state index < -0.39 is 0 Å². The molecule has 1 aromatic carbocycles. The topological polar surface area (TPSA) is 26.3 Å². The highest BCUT2D eigenvalue weighted by Gasteiger charge is 2.26. The van der Waals surface area contributed by atoms with E-state index in [0.717, 1.165) is 12.0 Å². The number of benzene rings is 1. The van der Waals surface area contributed by atoms with Gasteiger partial charge in [-0.1, -0.05) is 12.1 Å². The fourth-order valence-electron chi connectivity index (χ4n) is 1.63. The first-order valence-corrected chi connectivity index (χ1v) is 4.67. The second-order valence-electron chi connectivity index (χ2n) is 3.48. The highest BCUT2D eigenvalue weighted by atomic mass is 19.1. The van der Waals surface area contributed by atoms with E-state index in [4.69, 9.17) is 4.74 Å². The van der Waals surface area contributed by atoms with Gasteiger partial charge in [-0.2, -0.15) is 0 Å². The van der Waals surface area contributed by atoms with Crippen molar-refractivity contribution in [2.75, 3.05) is 6.61 Å². The summed E-state index contributed by atoms with van der Waals surface area (Å²) in [5.41, 5.74) is 0.982. The van der Waals surface area contributed by atoms with Gasteiger partial charge in [0, 0.05) is 0 Å². The number of carbonyl (C=O) groups is 1. The molecule has 1 atom stereocenters. The van der Waals surface area contributed by atoms with E-state index in [1.165, 1.54) is 12.1 Å². The molecule has 2 nitrogen and oxygen atoms in total. The van der Waals surface area contributed by atoms with Crippen LogP contribution in [0.2, 0.25) is 0 Å². The highest BCUT2D eigenvalue weighted by molar-refractivity contribution is 5.74. The Labute approximate surface area is 81.7 Å². The van der Waals surface area contributed by atoms with Gasteiger partial charge in [-0.05, 0) is 30.5 Å². The third-order valence-corrected chi connectivity index (χ3v) is 2.44. The predicted octanol–water partition coefficient (Wildman–Crippen LogP) is 1.93. The van der Waals surface area contributed by atoms with E-state index in [9.17, 15) is 9.18 Å². The molecule has 74 valence electrons. The first kappa shape index (κ1) is 9.19. The van der Waals surface area contributed by atoms with Crippen molar-refractivity contribution < 1.29 is 13.9 Å². The molecule has 1 fully saturated rings. The summed E-state index contributed by atoms with van der Waals surface area (Å²) in [4.78, 5) is 11.1. The molecule has 0 bridgehead atoms. The molecule has 1 heterocycles. The Bertz CT molecular complexity index is 332.